The second kappa shape index (κ2) is 8.26. The molecular formula is C26H32N2O4. The molecule has 0 aliphatic heterocycles. The van der Waals surface area contributed by atoms with Crippen molar-refractivity contribution < 1.29 is 19.7 Å². The highest BCUT2D eigenvalue weighted by Gasteiger charge is 2.51. The van der Waals surface area contributed by atoms with Crippen molar-refractivity contribution in [1.29, 1.82) is 0 Å². The number of aliphatic hydroxyl groups excluding tert-OH is 2. The third-order valence-electron chi connectivity index (χ3n) is 6.34. The van der Waals surface area contributed by atoms with Gasteiger partial charge in [-0.15, -0.1) is 0 Å². The van der Waals surface area contributed by atoms with Crippen LogP contribution in [0.2, 0.25) is 0 Å². The lowest BCUT2D eigenvalue weighted by Gasteiger charge is -2.23. The molecule has 1 aliphatic carbocycles. The molecule has 0 radical (unpaired) electrons. The maximum Gasteiger partial charge on any atom is 0.235 e. The molecule has 1 aromatic heterocycles. The third-order valence-corrected chi connectivity index (χ3v) is 6.34. The largest absolute Gasteiger partial charge is 0.497 e. The summed E-state index contributed by atoms with van der Waals surface area (Å²) in [5, 5.41) is 23.5. The number of amides is 1. The van der Waals surface area contributed by atoms with Crippen LogP contribution in [0.1, 0.15) is 44.9 Å². The van der Waals surface area contributed by atoms with Gasteiger partial charge in [0.2, 0.25) is 5.91 Å². The Labute approximate surface area is 188 Å². The van der Waals surface area contributed by atoms with E-state index in [1.807, 2.05) is 42.5 Å². The van der Waals surface area contributed by atoms with Crippen LogP contribution in [-0.4, -0.2) is 40.5 Å². The molecule has 1 amide bonds. The first-order chi connectivity index (χ1) is 15.2. The molecule has 3 aromatic rings. The number of rotatable bonds is 7. The quantitative estimate of drug-likeness (QED) is 0.523. The number of benzene rings is 2. The van der Waals surface area contributed by atoms with Crippen molar-refractivity contribution in [3.63, 3.8) is 0 Å². The first kappa shape index (κ1) is 22.4. The van der Waals surface area contributed by atoms with E-state index in [2.05, 4.69) is 36.7 Å². The van der Waals surface area contributed by atoms with Gasteiger partial charge in [0.25, 0.3) is 0 Å². The molecule has 4 rings (SSSR count). The Morgan fingerprint density at radius 1 is 1.19 bits per heavy atom. The molecule has 2 aromatic carbocycles. The minimum Gasteiger partial charge on any atom is -0.497 e. The van der Waals surface area contributed by atoms with E-state index in [0.29, 0.717) is 6.54 Å². The Morgan fingerprint density at radius 2 is 1.94 bits per heavy atom. The number of carbonyl (C=O) groups is 1. The van der Waals surface area contributed by atoms with Crippen LogP contribution in [0, 0.1) is 0 Å². The molecule has 0 saturated heterocycles. The summed E-state index contributed by atoms with van der Waals surface area (Å²) in [6, 6.07) is 15.7. The Bertz CT molecular complexity index is 1140. The SMILES string of the molecule is COc1cccc(C2(C(=O)Nc3ccc4c(c3)cc(C(C)(C)C)n4CC(O)CO)CC2)c1. The summed E-state index contributed by atoms with van der Waals surface area (Å²) in [4.78, 5) is 13.2. The van der Waals surface area contributed by atoms with Gasteiger partial charge in [0.1, 0.15) is 5.75 Å². The van der Waals surface area contributed by atoms with Gasteiger partial charge < -0.3 is 24.8 Å². The number of aromatic nitrogens is 1. The van der Waals surface area contributed by atoms with Crippen LogP contribution in [0.25, 0.3) is 10.9 Å². The van der Waals surface area contributed by atoms with Gasteiger partial charge in [-0.2, -0.15) is 0 Å². The van der Waals surface area contributed by atoms with E-state index in [1.165, 1.54) is 0 Å². The molecule has 6 nitrogen and oxygen atoms in total. The summed E-state index contributed by atoms with van der Waals surface area (Å²) in [6.07, 6.45) is 0.805. The fourth-order valence-corrected chi connectivity index (χ4v) is 4.38. The lowest BCUT2D eigenvalue weighted by Crippen LogP contribution is -2.27. The normalized spacial score (nSPS) is 16.1. The number of methoxy groups -OCH3 is 1. The zero-order chi connectivity index (χ0) is 23.1. The van der Waals surface area contributed by atoms with E-state index in [0.717, 1.165) is 46.4 Å². The number of nitrogens with one attached hydrogen (secondary N) is 1. The molecule has 1 saturated carbocycles. The predicted molar refractivity (Wildman–Crippen MR) is 126 cm³/mol. The highest BCUT2D eigenvalue weighted by molar-refractivity contribution is 6.02. The fourth-order valence-electron chi connectivity index (χ4n) is 4.38. The molecule has 1 fully saturated rings. The standard InChI is InChI=1S/C26H32N2O4/c1-25(2,3)23-13-17-12-19(8-9-22(17)28(23)15-20(30)16-29)27-24(31)26(10-11-26)18-6-5-7-21(14-18)32-4/h5-9,12-14,20,29-30H,10-11,15-16H2,1-4H3,(H,27,31). The summed E-state index contributed by atoms with van der Waals surface area (Å²) in [5.74, 6) is 0.750. The first-order valence-corrected chi connectivity index (χ1v) is 11.1. The van der Waals surface area contributed by atoms with E-state index in [4.69, 9.17) is 4.74 Å². The highest BCUT2D eigenvalue weighted by atomic mass is 16.5. The van der Waals surface area contributed by atoms with Gasteiger partial charge in [0.15, 0.2) is 0 Å². The minimum absolute atomic E-state index is 0.00344. The van der Waals surface area contributed by atoms with Crippen LogP contribution >= 0.6 is 0 Å². The molecule has 1 atom stereocenters. The van der Waals surface area contributed by atoms with Crippen LogP contribution in [0.4, 0.5) is 5.69 Å². The topological polar surface area (TPSA) is 83.7 Å². The van der Waals surface area contributed by atoms with Crippen molar-refractivity contribution in [1.82, 2.24) is 4.57 Å². The van der Waals surface area contributed by atoms with Crippen molar-refractivity contribution in [2.75, 3.05) is 19.0 Å². The fraction of sp³-hybridized carbons (Fsp3) is 0.423. The highest BCUT2D eigenvalue weighted by Crippen LogP contribution is 2.49. The molecular weight excluding hydrogens is 404 g/mol. The predicted octanol–water partition coefficient (Wildman–Crippen LogP) is 3.97. The average molecular weight is 437 g/mol. The number of ether oxygens (including phenoxy) is 1. The van der Waals surface area contributed by atoms with E-state index in [9.17, 15) is 15.0 Å². The van der Waals surface area contributed by atoms with Crippen molar-refractivity contribution >= 4 is 22.5 Å². The second-order valence-electron chi connectivity index (χ2n) is 9.77. The van der Waals surface area contributed by atoms with Gasteiger partial charge in [0.05, 0.1) is 31.8 Å². The second-order valence-corrected chi connectivity index (χ2v) is 9.77. The van der Waals surface area contributed by atoms with E-state index >= 15 is 0 Å². The van der Waals surface area contributed by atoms with E-state index < -0.39 is 11.5 Å². The molecule has 0 spiro atoms. The van der Waals surface area contributed by atoms with Gasteiger partial charge in [-0.3, -0.25) is 4.79 Å². The van der Waals surface area contributed by atoms with Crippen LogP contribution < -0.4 is 10.1 Å². The number of hydrogen-bond donors (Lipinski definition) is 3. The number of hydrogen-bond acceptors (Lipinski definition) is 4. The van der Waals surface area contributed by atoms with Gasteiger partial charge in [0, 0.05) is 27.7 Å². The monoisotopic (exact) mass is 436 g/mol. The summed E-state index contributed by atoms with van der Waals surface area (Å²) in [7, 11) is 1.63. The van der Waals surface area contributed by atoms with Crippen LogP contribution in [0.5, 0.6) is 5.75 Å². The lowest BCUT2D eigenvalue weighted by molar-refractivity contribution is -0.118. The van der Waals surface area contributed by atoms with Crippen LogP contribution in [0.15, 0.2) is 48.5 Å². The average Bonchev–Trinajstić information content (AvgIpc) is 3.50. The summed E-state index contributed by atoms with van der Waals surface area (Å²) in [5.41, 5.74) is 3.12. The molecule has 32 heavy (non-hydrogen) atoms. The van der Waals surface area contributed by atoms with E-state index in [-0.39, 0.29) is 17.9 Å². The number of fused-ring (bicyclic) bond motifs is 1. The smallest absolute Gasteiger partial charge is 0.235 e. The Morgan fingerprint density at radius 3 is 2.56 bits per heavy atom. The zero-order valence-electron chi connectivity index (χ0n) is 19.2. The molecule has 170 valence electrons. The number of carbonyl (C=O) groups excluding carboxylic acids is 1. The number of anilines is 1. The Balaban J connectivity index is 1.63. The first-order valence-electron chi connectivity index (χ1n) is 11.1. The Kier molecular flexibility index (Phi) is 5.77. The van der Waals surface area contributed by atoms with Crippen molar-refractivity contribution in [2.45, 2.75) is 57.1 Å². The summed E-state index contributed by atoms with van der Waals surface area (Å²) < 4.78 is 7.39. The lowest BCUT2D eigenvalue weighted by atomic mass is 9.92. The van der Waals surface area contributed by atoms with Crippen molar-refractivity contribution in [3.05, 3.63) is 59.8 Å². The van der Waals surface area contributed by atoms with Crippen LogP contribution in [0.3, 0.4) is 0 Å². The van der Waals surface area contributed by atoms with Gasteiger partial charge in [-0.05, 0) is 54.8 Å². The zero-order valence-corrected chi connectivity index (χ0v) is 19.2. The summed E-state index contributed by atoms with van der Waals surface area (Å²) in [6.45, 7) is 6.39. The number of aliphatic hydroxyl groups is 2. The molecule has 1 aliphatic rings. The Hall–Kier alpha value is -2.83. The van der Waals surface area contributed by atoms with Gasteiger partial charge in [-0.25, -0.2) is 0 Å². The van der Waals surface area contributed by atoms with Crippen LogP contribution in [-0.2, 0) is 22.2 Å². The molecule has 3 N–H and O–H groups in total. The third kappa shape index (κ3) is 4.12. The molecule has 1 heterocycles. The van der Waals surface area contributed by atoms with Crippen molar-refractivity contribution in [2.24, 2.45) is 0 Å². The maximum absolute atomic E-state index is 13.2. The van der Waals surface area contributed by atoms with E-state index in [1.54, 1.807) is 7.11 Å². The maximum atomic E-state index is 13.2. The van der Waals surface area contributed by atoms with Crippen molar-refractivity contribution in [3.8, 4) is 5.75 Å². The molecule has 1 unspecified atom stereocenters. The van der Waals surface area contributed by atoms with Gasteiger partial charge >= 0.3 is 0 Å². The number of nitrogens with zero attached hydrogens (tertiary/aromatic N) is 1. The molecule has 6 heteroatoms. The molecule has 0 bridgehead atoms. The van der Waals surface area contributed by atoms with Gasteiger partial charge in [-0.1, -0.05) is 32.9 Å². The minimum atomic E-state index is -0.830. The summed E-state index contributed by atoms with van der Waals surface area (Å²) >= 11 is 0.